The van der Waals surface area contributed by atoms with Crippen molar-refractivity contribution in [1.82, 2.24) is 4.90 Å². The second-order valence-corrected chi connectivity index (χ2v) is 8.26. The van der Waals surface area contributed by atoms with Crippen LogP contribution in [0.15, 0.2) is 42.5 Å². The number of halogens is 1. The zero-order valence-electron chi connectivity index (χ0n) is 13.8. The van der Waals surface area contributed by atoms with Crippen molar-refractivity contribution in [3.8, 4) is 0 Å². The van der Waals surface area contributed by atoms with Gasteiger partial charge in [0, 0.05) is 30.7 Å². The quantitative estimate of drug-likeness (QED) is 0.888. The lowest BCUT2D eigenvalue weighted by Crippen LogP contribution is -2.34. The van der Waals surface area contributed by atoms with Crippen molar-refractivity contribution in [1.29, 1.82) is 0 Å². The summed E-state index contributed by atoms with van der Waals surface area (Å²) < 4.78 is 27.5. The van der Waals surface area contributed by atoms with Crippen molar-refractivity contribution in [3.63, 3.8) is 0 Å². The number of nitrogens with one attached hydrogen (secondary N) is 1. The average Bonchev–Trinajstić information content (AvgIpc) is 2.55. The molecule has 25 heavy (non-hydrogen) atoms. The van der Waals surface area contributed by atoms with Gasteiger partial charge in [0.15, 0.2) is 0 Å². The normalized spacial score (nSPS) is 14.1. The minimum Gasteiger partial charge on any atom is -0.338 e. The molecule has 132 valence electrons. The third kappa shape index (κ3) is 4.32. The number of sulfonamides is 1. The molecule has 0 atom stereocenters. The highest BCUT2D eigenvalue weighted by Gasteiger charge is 2.20. The van der Waals surface area contributed by atoms with Crippen LogP contribution in [0.4, 0.5) is 5.69 Å². The van der Waals surface area contributed by atoms with Crippen LogP contribution < -0.4 is 4.72 Å². The van der Waals surface area contributed by atoms with Crippen LogP contribution in [-0.2, 0) is 33.5 Å². The van der Waals surface area contributed by atoms with Gasteiger partial charge in [-0.25, -0.2) is 8.42 Å². The van der Waals surface area contributed by atoms with E-state index >= 15 is 0 Å². The molecule has 0 unspecified atom stereocenters. The highest BCUT2D eigenvalue weighted by molar-refractivity contribution is 7.91. The fourth-order valence-electron chi connectivity index (χ4n) is 2.93. The van der Waals surface area contributed by atoms with Gasteiger partial charge in [-0.1, -0.05) is 35.9 Å². The third-order valence-corrected chi connectivity index (χ3v) is 5.85. The molecule has 3 rings (SSSR count). The predicted octanol–water partition coefficient (Wildman–Crippen LogP) is 3.19. The number of benzene rings is 2. The maximum Gasteiger partial charge on any atom is 0.236 e. The fraction of sp³-hybridized carbons (Fsp3) is 0.278. The van der Waals surface area contributed by atoms with Gasteiger partial charge in [-0.05, 0) is 41.3 Å². The summed E-state index contributed by atoms with van der Waals surface area (Å²) in [5.74, 6) is -0.168. The Balaban J connectivity index is 1.78. The molecule has 1 amide bonds. The summed E-state index contributed by atoms with van der Waals surface area (Å²) in [6, 6.07) is 12.4. The molecule has 0 aliphatic carbocycles. The number of carbonyl (C=O) groups excluding carboxylic acids is 1. The molecular formula is C18H19ClN2O3S. The summed E-state index contributed by atoms with van der Waals surface area (Å²) in [7, 11) is -3.58. The largest absolute Gasteiger partial charge is 0.338 e. The summed E-state index contributed by atoms with van der Waals surface area (Å²) in [5, 5.41) is 0.426. The third-order valence-electron chi connectivity index (χ3n) is 4.24. The van der Waals surface area contributed by atoms with Crippen molar-refractivity contribution in [2.75, 3.05) is 11.3 Å². The van der Waals surface area contributed by atoms with Crippen LogP contribution in [0.3, 0.4) is 0 Å². The Kier molecular flexibility index (Phi) is 5.01. The summed E-state index contributed by atoms with van der Waals surface area (Å²) in [5.41, 5.74) is 3.17. The van der Waals surface area contributed by atoms with Gasteiger partial charge in [0.05, 0.1) is 5.75 Å². The predicted molar refractivity (Wildman–Crippen MR) is 98.9 cm³/mol. The number of carbonyl (C=O) groups is 1. The van der Waals surface area contributed by atoms with Gasteiger partial charge >= 0.3 is 0 Å². The molecule has 0 radical (unpaired) electrons. The maximum absolute atomic E-state index is 12.4. The number of fused-ring (bicyclic) bond motifs is 1. The number of nitrogens with zero attached hydrogens (tertiary/aromatic N) is 1. The van der Waals surface area contributed by atoms with E-state index in [-0.39, 0.29) is 11.7 Å². The molecule has 1 aliphatic rings. The van der Waals surface area contributed by atoms with Gasteiger partial charge in [-0.3, -0.25) is 9.52 Å². The van der Waals surface area contributed by atoms with E-state index in [2.05, 4.69) is 4.72 Å². The van der Waals surface area contributed by atoms with Gasteiger partial charge in [0.2, 0.25) is 15.9 Å². The number of hydrogen-bond acceptors (Lipinski definition) is 3. The molecule has 0 bridgehead atoms. The van der Waals surface area contributed by atoms with Crippen LogP contribution in [0.5, 0.6) is 0 Å². The number of hydrogen-bond donors (Lipinski definition) is 1. The molecular weight excluding hydrogens is 360 g/mol. The molecule has 0 aromatic heterocycles. The zero-order valence-corrected chi connectivity index (χ0v) is 15.4. The van der Waals surface area contributed by atoms with Gasteiger partial charge < -0.3 is 4.90 Å². The van der Waals surface area contributed by atoms with Crippen molar-refractivity contribution in [2.24, 2.45) is 0 Å². The van der Waals surface area contributed by atoms with E-state index in [9.17, 15) is 13.2 Å². The monoisotopic (exact) mass is 378 g/mol. The number of amides is 1. The highest BCUT2D eigenvalue weighted by Crippen LogP contribution is 2.24. The Bertz CT molecular complexity index is 912. The van der Waals surface area contributed by atoms with Crippen LogP contribution >= 0.6 is 11.6 Å². The van der Waals surface area contributed by atoms with Gasteiger partial charge in [0.25, 0.3) is 0 Å². The molecule has 1 N–H and O–H groups in total. The SMILES string of the molecule is CC(=O)N1CCc2ccc(NS(=O)(=O)Cc3ccccc3Cl)cc2C1. The highest BCUT2D eigenvalue weighted by atomic mass is 35.5. The molecule has 5 nitrogen and oxygen atoms in total. The molecule has 0 saturated carbocycles. The van der Waals surface area contributed by atoms with Crippen LogP contribution in [0.2, 0.25) is 5.02 Å². The van der Waals surface area contributed by atoms with Crippen molar-refractivity contribution < 1.29 is 13.2 Å². The lowest BCUT2D eigenvalue weighted by atomic mass is 9.99. The Morgan fingerprint density at radius 2 is 1.96 bits per heavy atom. The smallest absolute Gasteiger partial charge is 0.236 e. The first-order valence-corrected chi connectivity index (χ1v) is 9.98. The van der Waals surface area contributed by atoms with Gasteiger partial charge in [-0.2, -0.15) is 0 Å². The minimum atomic E-state index is -3.58. The first-order valence-electron chi connectivity index (χ1n) is 7.95. The van der Waals surface area contributed by atoms with Crippen molar-refractivity contribution in [2.45, 2.75) is 25.6 Å². The van der Waals surface area contributed by atoms with E-state index in [1.54, 1.807) is 48.2 Å². The first-order chi connectivity index (χ1) is 11.8. The molecule has 2 aromatic carbocycles. The number of rotatable bonds is 4. The maximum atomic E-state index is 12.4. The van der Waals surface area contributed by atoms with Crippen LogP contribution in [0.1, 0.15) is 23.6 Å². The minimum absolute atomic E-state index is 0.0235. The van der Waals surface area contributed by atoms with Gasteiger partial charge in [-0.15, -0.1) is 0 Å². The summed E-state index contributed by atoms with van der Waals surface area (Å²) in [6.07, 6.45) is 0.779. The lowest BCUT2D eigenvalue weighted by Gasteiger charge is -2.28. The summed E-state index contributed by atoms with van der Waals surface area (Å²) in [6.45, 7) is 2.74. The molecule has 0 spiro atoms. The second-order valence-electron chi connectivity index (χ2n) is 6.13. The molecule has 1 aliphatic heterocycles. The Morgan fingerprint density at radius 1 is 1.20 bits per heavy atom. The van der Waals surface area contributed by atoms with Crippen LogP contribution in [0.25, 0.3) is 0 Å². The second kappa shape index (κ2) is 7.06. The summed E-state index contributed by atoms with van der Waals surface area (Å²) >= 11 is 6.04. The summed E-state index contributed by atoms with van der Waals surface area (Å²) in [4.78, 5) is 13.3. The zero-order chi connectivity index (χ0) is 18.0. The van der Waals surface area contributed by atoms with Crippen LogP contribution in [-0.4, -0.2) is 25.8 Å². The van der Waals surface area contributed by atoms with E-state index in [4.69, 9.17) is 11.6 Å². The van der Waals surface area contributed by atoms with E-state index in [1.807, 2.05) is 6.07 Å². The Morgan fingerprint density at radius 3 is 2.68 bits per heavy atom. The van der Waals surface area contributed by atoms with E-state index in [1.165, 1.54) is 0 Å². The topological polar surface area (TPSA) is 66.5 Å². The molecule has 0 saturated heterocycles. The van der Waals surface area contributed by atoms with Crippen molar-refractivity contribution in [3.05, 3.63) is 64.2 Å². The number of anilines is 1. The van der Waals surface area contributed by atoms with E-state index < -0.39 is 10.0 Å². The van der Waals surface area contributed by atoms with Gasteiger partial charge in [0.1, 0.15) is 0 Å². The average molecular weight is 379 g/mol. The Hall–Kier alpha value is -2.05. The molecule has 2 aromatic rings. The Labute approximate surface area is 152 Å². The van der Waals surface area contributed by atoms with Crippen LogP contribution in [0, 0.1) is 0 Å². The van der Waals surface area contributed by atoms with Crippen molar-refractivity contribution >= 4 is 33.2 Å². The molecule has 7 heteroatoms. The van der Waals surface area contributed by atoms with E-state index in [0.717, 1.165) is 17.5 Å². The first kappa shape index (κ1) is 17.8. The molecule has 0 fully saturated rings. The van der Waals surface area contributed by atoms with E-state index in [0.29, 0.717) is 29.4 Å². The fourth-order valence-corrected chi connectivity index (χ4v) is 4.43. The molecule has 1 heterocycles. The standard InChI is InChI=1S/C18H19ClN2O3S/c1-13(22)21-9-8-14-6-7-17(10-16(14)11-21)20-25(23,24)12-15-4-2-3-5-18(15)19/h2-7,10,20H,8-9,11-12H2,1H3. The lowest BCUT2D eigenvalue weighted by molar-refractivity contribution is -0.129.